The second-order valence-corrected chi connectivity index (χ2v) is 5.29. The van der Waals surface area contributed by atoms with Gasteiger partial charge in [-0.1, -0.05) is 30.0 Å². The summed E-state index contributed by atoms with van der Waals surface area (Å²) >= 11 is 1.72. The zero-order valence-electron chi connectivity index (χ0n) is 10.6. The summed E-state index contributed by atoms with van der Waals surface area (Å²) in [6.07, 6.45) is 0. The van der Waals surface area contributed by atoms with Gasteiger partial charge in [0, 0.05) is 15.8 Å². The van der Waals surface area contributed by atoms with Crippen molar-refractivity contribution in [3.05, 3.63) is 54.1 Å². The number of hydrogen-bond donors (Lipinski definition) is 1. The maximum atomic E-state index is 5.83. The standard InChI is InChI=1S/C15H17NOS/c1-11(16)12-6-8-14(9-7-12)18-15-5-3-4-13(10-15)17-2/h3-11H,16H2,1-2H3/t11-/m1/s1. The highest BCUT2D eigenvalue weighted by atomic mass is 32.2. The van der Waals surface area contributed by atoms with Crippen LogP contribution in [0.3, 0.4) is 0 Å². The number of ether oxygens (including phenoxy) is 1. The van der Waals surface area contributed by atoms with Crippen LogP contribution in [-0.2, 0) is 0 Å². The summed E-state index contributed by atoms with van der Waals surface area (Å²) in [6.45, 7) is 1.99. The van der Waals surface area contributed by atoms with Gasteiger partial charge in [-0.25, -0.2) is 0 Å². The molecular formula is C15H17NOS. The predicted octanol–water partition coefficient (Wildman–Crippen LogP) is 3.87. The van der Waals surface area contributed by atoms with Crippen LogP contribution in [0.5, 0.6) is 5.75 Å². The quantitative estimate of drug-likeness (QED) is 0.905. The first-order valence-electron chi connectivity index (χ1n) is 5.86. The highest BCUT2D eigenvalue weighted by Gasteiger charge is 2.01. The largest absolute Gasteiger partial charge is 0.497 e. The number of benzene rings is 2. The normalized spacial score (nSPS) is 12.2. The van der Waals surface area contributed by atoms with Crippen LogP contribution < -0.4 is 10.5 Å². The lowest BCUT2D eigenvalue weighted by molar-refractivity contribution is 0.413. The average Bonchev–Trinajstić information content (AvgIpc) is 2.39. The molecule has 0 aliphatic rings. The highest BCUT2D eigenvalue weighted by molar-refractivity contribution is 7.99. The van der Waals surface area contributed by atoms with E-state index in [1.807, 2.05) is 25.1 Å². The molecule has 0 unspecified atom stereocenters. The molecule has 1 atom stereocenters. The zero-order valence-corrected chi connectivity index (χ0v) is 11.4. The van der Waals surface area contributed by atoms with Crippen LogP contribution in [0, 0.1) is 0 Å². The Morgan fingerprint density at radius 2 is 1.78 bits per heavy atom. The molecule has 2 aromatic carbocycles. The van der Waals surface area contributed by atoms with E-state index in [1.54, 1.807) is 18.9 Å². The van der Waals surface area contributed by atoms with Gasteiger partial charge in [-0.15, -0.1) is 0 Å². The van der Waals surface area contributed by atoms with E-state index < -0.39 is 0 Å². The van der Waals surface area contributed by atoms with Crippen molar-refractivity contribution < 1.29 is 4.74 Å². The minimum atomic E-state index is 0.0841. The molecule has 0 saturated carbocycles. The summed E-state index contributed by atoms with van der Waals surface area (Å²) in [5.74, 6) is 0.882. The Balaban J connectivity index is 2.13. The molecule has 3 heteroatoms. The van der Waals surface area contributed by atoms with Gasteiger partial charge >= 0.3 is 0 Å². The monoisotopic (exact) mass is 259 g/mol. The molecule has 0 spiro atoms. The van der Waals surface area contributed by atoms with Crippen LogP contribution in [-0.4, -0.2) is 7.11 Å². The van der Waals surface area contributed by atoms with Gasteiger partial charge in [-0.2, -0.15) is 0 Å². The third-order valence-corrected chi connectivity index (χ3v) is 3.68. The van der Waals surface area contributed by atoms with Gasteiger partial charge in [-0.3, -0.25) is 0 Å². The number of methoxy groups -OCH3 is 1. The van der Waals surface area contributed by atoms with E-state index in [1.165, 1.54) is 9.79 Å². The minimum absolute atomic E-state index is 0.0841. The topological polar surface area (TPSA) is 35.2 Å². The van der Waals surface area contributed by atoms with E-state index in [2.05, 4.69) is 30.3 Å². The smallest absolute Gasteiger partial charge is 0.119 e. The first-order chi connectivity index (χ1) is 8.69. The Morgan fingerprint density at radius 1 is 1.06 bits per heavy atom. The van der Waals surface area contributed by atoms with E-state index in [-0.39, 0.29) is 6.04 Å². The predicted molar refractivity (Wildman–Crippen MR) is 76.2 cm³/mol. The molecule has 0 fully saturated rings. The van der Waals surface area contributed by atoms with Gasteiger partial charge in [0.05, 0.1) is 7.11 Å². The Hall–Kier alpha value is -1.45. The van der Waals surface area contributed by atoms with Crippen LogP contribution in [0.1, 0.15) is 18.5 Å². The first-order valence-corrected chi connectivity index (χ1v) is 6.68. The lowest BCUT2D eigenvalue weighted by Crippen LogP contribution is -2.04. The van der Waals surface area contributed by atoms with Crippen LogP contribution in [0.2, 0.25) is 0 Å². The summed E-state index contributed by atoms with van der Waals surface area (Å²) in [6, 6.07) is 16.5. The van der Waals surface area contributed by atoms with Crippen molar-refractivity contribution in [1.82, 2.24) is 0 Å². The summed E-state index contributed by atoms with van der Waals surface area (Å²) in [5.41, 5.74) is 6.99. The van der Waals surface area contributed by atoms with Gasteiger partial charge < -0.3 is 10.5 Å². The minimum Gasteiger partial charge on any atom is -0.497 e. The SMILES string of the molecule is COc1cccc(Sc2ccc([C@@H](C)N)cc2)c1. The van der Waals surface area contributed by atoms with Crippen molar-refractivity contribution >= 4 is 11.8 Å². The molecular weight excluding hydrogens is 242 g/mol. The molecule has 2 aromatic rings. The van der Waals surface area contributed by atoms with Crippen molar-refractivity contribution in [2.45, 2.75) is 22.8 Å². The Bertz CT molecular complexity index is 508. The highest BCUT2D eigenvalue weighted by Crippen LogP contribution is 2.30. The molecule has 2 nitrogen and oxygen atoms in total. The van der Waals surface area contributed by atoms with E-state index in [9.17, 15) is 0 Å². The molecule has 0 bridgehead atoms. The molecule has 0 aromatic heterocycles. The third-order valence-electron chi connectivity index (χ3n) is 2.68. The van der Waals surface area contributed by atoms with E-state index in [4.69, 9.17) is 10.5 Å². The third kappa shape index (κ3) is 3.28. The van der Waals surface area contributed by atoms with Crippen LogP contribution in [0.15, 0.2) is 58.3 Å². The van der Waals surface area contributed by atoms with Crippen molar-refractivity contribution in [3.63, 3.8) is 0 Å². The molecule has 0 saturated heterocycles. The molecule has 0 amide bonds. The number of nitrogens with two attached hydrogens (primary N) is 1. The Kier molecular flexibility index (Phi) is 4.28. The van der Waals surface area contributed by atoms with E-state index in [0.717, 1.165) is 11.3 Å². The van der Waals surface area contributed by atoms with Gasteiger partial charge in [0.1, 0.15) is 5.75 Å². The fraction of sp³-hybridized carbons (Fsp3) is 0.200. The summed E-state index contributed by atoms with van der Waals surface area (Å²) in [7, 11) is 1.68. The van der Waals surface area contributed by atoms with Crippen molar-refractivity contribution in [3.8, 4) is 5.75 Å². The van der Waals surface area contributed by atoms with Crippen molar-refractivity contribution in [2.75, 3.05) is 7.11 Å². The fourth-order valence-electron chi connectivity index (χ4n) is 1.64. The van der Waals surface area contributed by atoms with Crippen molar-refractivity contribution in [2.24, 2.45) is 5.73 Å². The Morgan fingerprint density at radius 3 is 2.39 bits per heavy atom. The average molecular weight is 259 g/mol. The van der Waals surface area contributed by atoms with Crippen LogP contribution in [0.4, 0.5) is 0 Å². The molecule has 0 heterocycles. The molecule has 2 rings (SSSR count). The fourth-order valence-corrected chi connectivity index (χ4v) is 2.51. The maximum absolute atomic E-state index is 5.83. The number of rotatable bonds is 4. The second-order valence-electron chi connectivity index (χ2n) is 4.14. The molecule has 0 radical (unpaired) electrons. The molecule has 18 heavy (non-hydrogen) atoms. The second kappa shape index (κ2) is 5.94. The van der Waals surface area contributed by atoms with Gasteiger partial charge in [0.2, 0.25) is 0 Å². The zero-order chi connectivity index (χ0) is 13.0. The van der Waals surface area contributed by atoms with Gasteiger partial charge in [0.15, 0.2) is 0 Å². The lowest BCUT2D eigenvalue weighted by atomic mass is 10.1. The Labute approximate surface area is 112 Å². The molecule has 0 aliphatic carbocycles. The lowest BCUT2D eigenvalue weighted by Gasteiger charge is -2.07. The molecule has 94 valence electrons. The van der Waals surface area contributed by atoms with E-state index >= 15 is 0 Å². The summed E-state index contributed by atoms with van der Waals surface area (Å²) in [5, 5.41) is 0. The van der Waals surface area contributed by atoms with Crippen LogP contribution >= 0.6 is 11.8 Å². The van der Waals surface area contributed by atoms with Gasteiger partial charge in [0.25, 0.3) is 0 Å². The number of hydrogen-bond acceptors (Lipinski definition) is 3. The van der Waals surface area contributed by atoms with Crippen molar-refractivity contribution in [1.29, 1.82) is 0 Å². The van der Waals surface area contributed by atoms with Gasteiger partial charge in [-0.05, 0) is 42.8 Å². The van der Waals surface area contributed by atoms with Crippen LogP contribution in [0.25, 0.3) is 0 Å². The summed E-state index contributed by atoms with van der Waals surface area (Å²) in [4.78, 5) is 2.37. The molecule has 2 N–H and O–H groups in total. The maximum Gasteiger partial charge on any atom is 0.119 e. The summed E-state index contributed by atoms with van der Waals surface area (Å²) < 4.78 is 5.21. The molecule has 0 aliphatic heterocycles. The van der Waals surface area contributed by atoms with E-state index in [0.29, 0.717) is 0 Å². The first kappa shape index (κ1) is 13.0.